The Morgan fingerprint density at radius 3 is 2.81 bits per heavy atom. The van der Waals surface area contributed by atoms with Gasteiger partial charge in [-0.2, -0.15) is 0 Å². The first kappa shape index (κ1) is 13.2. The van der Waals surface area contributed by atoms with Crippen molar-refractivity contribution >= 4 is 11.6 Å². The number of anilines is 1. The van der Waals surface area contributed by atoms with Crippen molar-refractivity contribution in [2.75, 3.05) is 12.5 Å². The fourth-order valence-corrected chi connectivity index (χ4v) is 2.13. The summed E-state index contributed by atoms with van der Waals surface area (Å²) < 4.78 is 10.5. The van der Waals surface area contributed by atoms with Crippen LogP contribution in [0.2, 0.25) is 0 Å². The molecule has 0 spiro atoms. The zero-order valence-corrected chi connectivity index (χ0v) is 11.5. The molecule has 3 rings (SSSR count). The molecule has 1 aromatic heterocycles. The number of rotatable bonds is 3. The smallest absolute Gasteiger partial charge is 0.254 e. The monoisotopic (exact) mass is 285 g/mol. The number of nitrogens with zero attached hydrogens (tertiary/aromatic N) is 1. The minimum atomic E-state index is -0.274. The van der Waals surface area contributed by atoms with Crippen LogP contribution in [0.25, 0.3) is 0 Å². The van der Waals surface area contributed by atoms with Crippen molar-refractivity contribution in [3.8, 4) is 11.5 Å². The summed E-state index contributed by atoms with van der Waals surface area (Å²) in [7, 11) is 0. The highest BCUT2D eigenvalue weighted by Gasteiger charge is 2.21. The maximum absolute atomic E-state index is 12.3. The predicted octanol–water partition coefficient (Wildman–Crippen LogP) is 1.88. The maximum atomic E-state index is 12.3. The molecule has 0 fully saturated rings. The van der Waals surface area contributed by atoms with Gasteiger partial charge < -0.3 is 20.5 Å². The van der Waals surface area contributed by atoms with E-state index in [1.807, 2.05) is 25.1 Å². The van der Waals surface area contributed by atoms with Crippen LogP contribution in [0, 0.1) is 0 Å². The number of hydrogen-bond acceptors (Lipinski definition) is 5. The third-order valence-electron chi connectivity index (χ3n) is 3.27. The van der Waals surface area contributed by atoms with Crippen LogP contribution < -0.4 is 20.5 Å². The summed E-state index contributed by atoms with van der Waals surface area (Å²) in [4.78, 5) is 16.5. The number of amides is 1. The molecule has 108 valence electrons. The fourth-order valence-electron chi connectivity index (χ4n) is 2.13. The number of nitrogen functional groups attached to an aromatic ring is 1. The lowest BCUT2D eigenvalue weighted by molar-refractivity contribution is 0.0939. The van der Waals surface area contributed by atoms with Crippen molar-refractivity contribution in [3.05, 3.63) is 47.8 Å². The number of aromatic nitrogens is 1. The third kappa shape index (κ3) is 2.60. The predicted molar refractivity (Wildman–Crippen MR) is 77.1 cm³/mol. The van der Waals surface area contributed by atoms with Gasteiger partial charge in [0.05, 0.1) is 17.3 Å². The summed E-state index contributed by atoms with van der Waals surface area (Å²) in [5, 5.41) is 2.87. The quantitative estimate of drug-likeness (QED) is 0.841. The topological polar surface area (TPSA) is 86.5 Å². The molecule has 0 aliphatic carbocycles. The highest BCUT2D eigenvalue weighted by atomic mass is 16.7. The van der Waals surface area contributed by atoms with Gasteiger partial charge in [-0.3, -0.25) is 9.78 Å². The molecular formula is C15H15N3O3. The highest BCUT2D eigenvalue weighted by molar-refractivity contribution is 6.00. The minimum absolute atomic E-state index is 0.143. The summed E-state index contributed by atoms with van der Waals surface area (Å²) in [5.74, 6) is 0.811. The second kappa shape index (κ2) is 5.32. The zero-order chi connectivity index (χ0) is 14.8. The van der Waals surface area contributed by atoms with Crippen LogP contribution in [0.5, 0.6) is 11.5 Å². The van der Waals surface area contributed by atoms with Gasteiger partial charge in [-0.1, -0.05) is 6.07 Å². The average molecular weight is 285 g/mol. The molecule has 1 aliphatic rings. The molecule has 1 aromatic carbocycles. The number of hydrogen-bond donors (Lipinski definition) is 2. The number of fused-ring (bicyclic) bond motifs is 1. The molecule has 2 aromatic rings. The van der Waals surface area contributed by atoms with Gasteiger partial charge in [-0.05, 0) is 25.1 Å². The van der Waals surface area contributed by atoms with Crippen LogP contribution in [0.1, 0.15) is 29.0 Å². The van der Waals surface area contributed by atoms with Crippen molar-refractivity contribution in [1.29, 1.82) is 0 Å². The van der Waals surface area contributed by atoms with Gasteiger partial charge in [0.1, 0.15) is 0 Å². The van der Waals surface area contributed by atoms with E-state index >= 15 is 0 Å². The molecular weight excluding hydrogens is 270 g/mol. The fraction of sp³-hybridized carbons (Fsp3) is 0.200. The number of ether oxygens (including phenoxy) is 2. The van der Waals surface area contributed by atoms with Crippen molar-refractivity contribution in [1.82, 2.24) is 10.3 Å². The minimum Gasteiger partial charge on any atom is -0.454 e. The molecule has 1 aliphatic heterocycles. The molecule has 1 unspecified atom stereocenters. The molecule has 1 amide bonds. The molecule has 1 atom stereocenters. The Hall–Kier alpha value is -2.76. The first-order valence-electron chi connectivity index (χ1n) is 6.56. The van der Waals surface area contributed by atoms with E-state index in [2.05, 4.69) is 10.3 Å². The van der Waals surface area contributed by atoms with Crippen LogP contribution in [0.3, 0.4) is 0 Å². The number of nitrogens with two attached hydrogens (primary N) is 1. The van der Waals surface area contributed by atoms with Crippen molar-refractivity contribution in [3.63, 3.8) is 0 Å². The van der Waals surface area contributed by atoms with Gasteiger partial charge in [0.15, 0.2) is 11.5 Å². The molecule has 0 saturated carbocycles. The second-order valence-corrected chi connectivity index (χ2v) is 4.74. The largest absolute Gasteiger partial charge is 0.454 e. The van der Waals surface area contributed by atoms with E-state index in [-0.39, 0.29) is 18.7 Å². The normalized spacial score (nSPS) is 13.8. The lowest BCUT2D eigenvalue weighted by Gasteiger charge is -2.14. The molecule has 0 saturated heterocycles. The number of carbonyl (C=O) groups excluding carboxylic acids is 1. The highest BCUT2D eigenvalue weighted by Crippen LogP contribution is 2.36. The molecule has 21 heavy (non-hydrogen) atoms. The van der Waals surface area contributed by atoms with Crippen molar-refractivity contribution in [2.24, 2.45) is 0 Å². The summed E-state index contributed by atoms with van der Waals surface area (Å²) in [5.41, 5.74) is 7.39. The van der Waals surface area contributed by atoms with E-state index in [4.69, 9.17) is 15.2 Å². The van der Waals surface area contributed by atoms with E-state index in [1.54, 1.807) is 18.3 Å². The third-order valence-corrected chi connectivity index (χ3v) is 3.27. The molecule has 6 heteroatoms. The Kier molecular flexibility index (Phi) is 3.35. The van der Waals surface area contributed by atoms with Gasteiger partial charge in [-0.25, -0.2) is 0 Å². The Labute approximate surface area is 121 Å². The summed E-state index contributed by atoms with van der Waals surface area (Å²) in [6.07, 6.45) is 1.69. The van der Waals surface area contributed by atoms with Gasteiger partial charge in [-0.15, -0.1) is 0 Å². The van der Waals surface area contributed by atoms with E-state index in [1.165, 1.54) is 0 Å². The number of nitrogens with one attached hydrogen (secondary N) is 1. The van der Waals surface area contributed by atoms with E-state index < -0.39 is 0 Å². The Morgan fingerprint density at radius 1 is 1.33 bits per heavy atom. The van der Waals surface area contributed by atoms with Gasteiger partial charge in [0.2, 0.25) is 6.79 Å². The SMILES string of the molecule is CC(NC(=O)c1cc2c(cc1N)OCO2)c1ccccn1. The standard InChI is InChI=1S/C15H15N3O3/c1-9(12-4-2-3-5-17-12)18-15(19)10-6-13-14(7-11(10)16)21-8-20-13/h2-7,9H,8,16H2,1H3,(H,18,19). The van der Waals surface area contributed by atoms with Crippen LogP contribution in [0.15, 0.2) is 36.5 Å². The van der Waals surface area contributed by atoms with Gasteiger partial charge in [0.25, 0.3) is 5.91 Å². The zero-order valence-electron chi connectivity index (χ0n) is 11.5. The lowest BCUT2D eigenvalue weighted by Crippen LogP contribution is -2.27. The Balaban J connectivity index is 1.80. The van der Waals surface area contributed by atoms with E-state index in [9.17, 15) is 4.79 Å². The molecule has 3 N–H and O–H groups in total. The maximum Gasteiger partial charge on any atom is 0.254 e. The number of carbonyl (C=O) groups is 1. The van der Waals surface area contributed by atoms with Gasteiger partial charge in [0, 0.05) is 18.0 Å². The summed E-state index contributed by atoms with van der Waals surface area (Å²) in [6, 6.07) is 8.53. The van der Waals surface area contributed by atoms with E-state index in [0.717, 1.165) is 5.69 Å². The molecule has 6 nitrogen and oxygen atoms in total. The van der Waals surface area contributed by atoms with Crippen molar-refractivity contribution < 1.29 is 14.3 Å². The number of pyridine rings is 1. The van der Waals surface area contributed by atoms with Crippen LogP contribution in [-0.2, 0) is 0 Å². The van der Waals surface area contributed by atoms with Crippen LogP contribution in [-0.4, -0.2) is 17.7 Å². The summed E-state index contributed by atoms with van der Waals surface area (Å²) in [6.45, 7) is 2.01. The Morgan fingerprint density at radius 2 is 2.10 bits per heavy atom. The average Bonchev–Trinajstić information content (AvgIpc) is 2.94. The number of benzene rings is 1. The van der Waals surface area contributed by atoms with Crippen molar-refractivity contribution in [2.45, 2.75) is 13.0 Å². The molecule has 0 radical (unpaired) electrons. The van der Waals surface area contributed by atoms with Crippen LogP contribution >= 0.6 is 0 Å². The second-order valence-electron chi connectivity index (χ2n) is 4.74. The first-order chi connectivity index (χ1) is 10.1. The van der Waals surface area contributed by atoms with Gasteiger partial charge >= 0.3 is 0 Å². The lowest BCUT2D eigenvalue weighted by atomic mass is 10.1. The van der Waals surface area contributed by atoms with Crippen LogP contribution in [0.4, 0.5) is 5.69 Å². The first-order valence-corrected chi connectivity index (χ1v) is 6.56. The molecule has 2 heterocycles. The molecule has 0 bridgehead atoms. The van der Waals surface area contributed by atoms with E-state index in [0.29, 0.717) is 22.7 Å². The Bertz CT molecular complexity index is 673. The summed E-state index contributed by atoms with van der Waals surface area (Å²) >= 11 is 0.